The minimum absolute atomic E-state index is 0.223. The lowest BCUT2D eigenvalue weighted by molar-refractivity contribution is 0.627. The van der Waals surface area contributed by atoms with Crippen molar-refractivity contribution in [2.75, 3.05) is 5.73 Å². The van der Waals surface area contributed by atoms with E-state index in [0.29, 0.717) is 12.2 Å². The predicted molar refractivity (Wildman–Crippen MR) is 62.6 cm³/mol. The van der Waals surface area contributed by atoms with E-state index in [2.05, 4.69) is 4.98 Å². The summed E-state index contributed by atoms with van der Waals surface area (Å²) >= 11 is 0. The van der Waals surface area contributed by atoms with Crippen LogP contribution in [0.5, 0.6) is 0 Å². The van der Waals surface area contributed by atoms with E-state index in [-0.39, 0.29) is 5.82 Å². The number of pyridine rings is 1. The summed E-state index contributed by atoms with van der Waals surface area (Å²) in [6.45, 7) is 2.00. The summed E-state index contributed by atoms with van der Waals surface area (Å²) in [5, 5.41) is 0. The van der Waals surface area contributed by atoms with Gasteiger partial charge in [0, 0.05) is 18.2 Å². The van der Waals surface area contributed by atoms with E-state index >= 15 is 0 Å². The second-order valence-corrected chi connectivity index (χ2v) is 3.79. The number of nitrogens with two attached hydrogens (primary N) is 1. The van der Waals surface area contributed by atoms with Crippen molar-refractivity contribution < 1.29 is 4.39 Å². The van der Waals surface area contributed by atoms with Crippen LogP contribution in [0.1, 0.15) is 16.7 Å². The number of hydrogen-bond donors (Lipinski definition) is 1. The van der Waals surface area contributed by atoms with Crippen LogP contribution in [0.25, 0.3) is 0 Å². The highest BCUT2D eigenvalue weighted by Crippen LogP contribution is 2.18. The van der Waals surface area contributed by atoms with E-state index < -0.39 is 0 Å². The first kappa shape index (κ1) is 10.6. The number of aryl methyl sites for hydroxylation is 1. The molecule has 1 aromatic heterocycles. The van der Waals surface area contributed by atoms with Gasteiger partial charge in [-0.15, -0.1) is 0 Å². The second kappa shape index (κ2) is 4.31. The molecule has 2 rings (SSSR count). The number of nitrogen functional groups attached to an aromatic ring is 1. The zero-order chi connectivity index (χ0) is 11.5. The normalized spacial score (nSPS) is 10.4. The Hall–Kier alpha value is -1.90. The van der Waals surface area contributed by atoms with Crippen LogP contribution >= 0.6 is 0 Å². The number of halogens is 1. The summed E-state index contributed by atoms with van der Waals surface area (Å²) in [4.78, 5) is 4.06. The Labute approximate surface area is 93.9 Å². The van der Waals surface area contributed by atoms with Crippen molar-refractivity contribution in [3.8, 4) is 0 Å². The fourth-order valence-corrected chi connectivity index (χ4v) is 1.65. The van der Waals surface area contributed by atoms with Crippen LogP contribution in [0.15, 0.2) is 36.5 Å². The zero-order valence-corrected chi connectivity index (χ0v) is 9.07. The number of rotatable bonds is 2. The highest BCUT2D eigenvalue weighted by Gasteiger charge is 2.05. The molecule has 0 aliphatic carbocycles. The topological polar surface area (TPSA) is 38.9 Å². The van der Waals surface area contributed by atoms with Gasteiger partial charge in [0.2, 0.25) is 0 Å². The number of nitrogens with zero attached hydrogens (tertiary/aromatic N) is 1. The molecule has 0 aliphatic heterocycles. The van der Waals surface area contributed by atoms with Gasteiger partial charge in [-0.05, 0) is 36.2 Å². The van der Waals surface area contributed by atoms with Gasteiger partial charge < -0.3 is 5.73 Å². The fourth-order valence-electron chi connectivity index (χ4n) is 1.65. The Bertz CT molecular complexity index is 472. The van der Waals surface area contributed by atoms with Crippen LogP contribution in [-0.4, -0.2) is 4.98 Å². The Morgan fingerprint density at radius 1 is 1.19 bits per heavy atom. The summed E-state index contributed by atoms with van der Waals surface area (Å²) in [7, 11) is 0. The lowest BCUT2D eigenvalue weighted by Crippen LogP contribution is -2.01. The van der Waals surface area contributed by atoms with Gasteiger partial charge in [-0.1, -0.05) is 12.1 Å². The number of aromatic nitrogens is 1. The first-order chi connectivity index (χ1) is 7.66. The Morgan fingerprint density at radius 3 is 2.50 bits per heavy atom. The average molecular weight is 216 g/mol. The quantitative estimate of drug-likeness (QED) is 0.838. The van der Waals surface area contributed by atoms with Gasteiger partial charge in [-0.2, -0.15) is 0 Å². The predicted octanol–water partition coefficient (Wildman–Crippen LogP) is 2.70. The van der Waals surface area contributed by atoms with Crippen molar-refractivity contribution in [3.63, 3.8) is 0 Å². The van der Waals surface area contributed by atoms with Gasteiger partial charge in [0.1, 0.15) is 11.6 Å². The Kier molecular flexibility index (Phi) is 2.86. The lowest BCUT2D eigenvalue weighted by Gasteiger charge is -2.08. The maximum atomic E-state index is 12.7. The molecule has 0 bridgehead atoms. The molecule has 0 aliphatic rings. The summed E-state index contributed by atoms with van der Waals surface area (Å²) in [5.74, 6) is 0.323. The van der Waals surface area contributed by atoms with Gasteiger partial charge >= 0.3 is 0 Å². The number of anilines is 1. The van der Waals surface area contributed by atoms with E-state index in [0.717, 1.165) is 16.7 Å². The molecule has 0 saturated carbocycles. The zero-order valence-electron chi connectivity index (χ0n) is 9.07. The van der Waals surface area contributed by atoms with Crippen LogP contribution in [0.2, 0.25) is 0 Å². The van der Waals surface area contributed by atoms with E-state index in [1.807, 2.05) is 13.0 Å². The molecule has 82 valence electrons. The maximum Gasteiger partial charge on any atom is 0.127 e. The van der Waals surface area contributed by atoms with Crippen LogP contribution in [-0.2, 0) is 6.42 Å². The van der Waals surface area contributed by atoms with Gasteiger partial charge in [0.05, 0.1) is 0 Å². The van der Waals surface area contributed by atoms with Crippen LogP contribution in [0.3, 0.4) is 0 Å². The largest absolute Gasteiger partial charge is 0.383 e. The highest BCUT2D eigenvalue weighted by atomic mass is 19.1. The molecule has 3 heteroatoms. The Morgan fingerprint density at radius 2 is 1.88 bits per heavy atom. The van der Waals surface area contributed by atoms with Crippen molar-refractivity contribution in [2.45, 2.75) is 13.3 Å². The molecule has 0 unspecified atom stereocenters. The maximum absolute atomic E-state index is 12.7. The third-order valence-electron chi connectivity index (χ3n) is 2.62. The molecule has 2 nitrogen and oxygen atoms in total. The second-order valence-electron chi connectivity index (χ2n) is 3.79. The smallest absolute Gasteiger partial charge is 0.127 e. The first-order valence-electron chi connectivity index (χ1n) is 5.11. The monoisotopic (exact) mass is 216 g/mol. The van der Waals surface area contributed by atoms with Crippen molar-refractivity contribution in [1.82, 2.24) is 4.98 Å². The molecule has 0 saturated heterocycles. The standard InChI is InChI=1S/C13H13FN2/c1-9-6-7-16-13(15)12(9)8-10-2-4-11(14)5-3-10/h2-7H,8H2,1H3,(H2,15,16). The molecule has 2 aromatic rings. The van der Waals surface area contributed by atoms with Crippen molar-refractivity contribution in [3.05, 3.63) is 59.0 Å². The van der Waals surface area contributed by atoms with E-state index in [9.17, 15) is 4.39 Å². The van der Waals surface area contributed by atoms with Crippen molar-refractivity contribution in [1.29, 1.82) is 0 Å². The molecular formula is C13H13FN2. The SMILES string of the molecule is Cc1ccnc(N)c1Cc1ccc(F)cc1. The van der Waals surface area contributed by atoms with E-state index in [1.165, 1.54) is 12.1 Å². The third kappa shape index (κ3) is 2.19. The molecule has 0 atom stereocenters. The summed E-state index contributed by atoms with van der Waals surface area (Å²) in [6, 6.07) is 8.37. The van der Waals surface area contributed by atoms with Gasteiger partial charge in [-0.25, -0.2) is 9.37 Å². The average Bonchev–Trinajstić information content (AvgIpc) is 2.26. The third-order valence-corrected chi connectivity index (χ3v) is 2.62. The minimum atomic E-state index is -0.223. The molecule has 0 spiro atoms. The van der Waals surface area contributed by atoms with Crippen molar-refractivity contribution in [2.24, 2.45) is 0 Å². The molecule has 1 heterocycles. The van der Waals surface area contributed by atoms with Crippen LogP contribution in [0, 0.1) is 12.7 Å². The van der Waals surface area contributed by atoms with E-state index in [4.69, 9.17) is 5.73 Å². The molecular weight excluding hydrogens is 203 g/mol. The number of benzene rings is 1. The molecule has 0 fully saturated rings. The van der Waals surface area contributed by atoms with Crippen molar-refractivity contribution >= 4 is 5.82 Å². The summed E-state index contributed by atoms with van der Waals surface area (Å²) in [6.07, 6.45) is 2.38. The van der Waals surface area contributed by atoms with Gasteiger partial charge in [0.25, 0.3) is 0 Å². The Balaban J connectivity index is 2.30. The highest BCUT2D eigenvalue weighted by molar-refractivity contribution is 5.46. The van der Waals surface area contributed by atoms with Gasteiger partial charge in [-0.3, -0.25) is 0 Å². The van der Waals surface area contributed by atoms with Crippen LogP contribution < -0.4 is 5.73 Å². The molecule has 16 heavy (non-hydrogen) atoms. The first-order valence-corrected chi connectivity index (χ1v) is 5.11. The molecule has 0 amide bonds. The van der Waals surface area contributed by atoms with Gasteiger partial charge in [0.15, 0.2) is 0 Å². The van der Waals surface area contributed by atoms with Crippen LogP contribution in [0.4, 0.5) is 10.2 Å². The molecule has 0 radical (unpaired) electrons. The molecule has 1 aromatic carbocycles. The molecule has 2 N–H and O–H groups in total. The fraction of sp³-hybridized carbons (Fsp3) is 0.154. The number of hydrogen-bond acceptors (Lipinski definition) is 2. The summed E-state index contributed by atoms with van der Waals surface area (Å²) < 4.78 is 12.7. The summed E-state index contributed by atoms with van der Waals surface area (Å²) in [5.41, 5.74) is 8.96. The lowest BCUT2D eigenvalue weighted by atomic mass is 10.0. The van der Waals surface area contributed by atoms with E-state index in [1.54, 1.807) is 18.3 Å². The minimum Gasteiger partial charge on any atom is -0.383 e.